The van der Waals surface area contributed by atoms with Crippen LogP contribution in [0.5, 0.6) is 5.75 Å². The van der Waals surface area contributed by atoms with Crippen LogP contribution in [0.15, 0.2) is 24.3 Å². The van der Waals surface area contributed by atoms with Crippen molar-refractivity contribution in [2.75, 3.05) is 6.61 Å². The monoisotopic (exact) mass is 328 g/mol. The third kappa shape index (κ3) is 3.11. The second-order valence-electron chi connectivity index (χ2n) is 8.05. The van der Waals surface area contributed by atoms with E-state index in [2.05, 4.69) is 10.6 Å². The van der Waals surface area contributed by atoms with Gasteiger partial charge in [0, 0.05) is 17.6 Å². The Hall–Kier alpha value is -1.71. The van der Waals surface area contributed by atoms with Crippen molar-refractivity contribution in [1.29, 1.82) is 0 Å². The highest BCUT2D eigenvalue weighted by atomic mass is 16.5. The van der Waals surface area contributed by atoms with Crippen LogP contribution >= 0.6 is 0 Å². The zero-order chi connectivity index (χ0) is 16.6. The van der Waals surface area contributed by atoms with Gasteiger partial charge in [-0.25, -0.2) is 4.79 Å². The Labute approximate surface area is 144 Å². The van der Waals surface area contributed by atoms with Gasteiger partial charge in [0.05, 0.1) is 6.61 Å². The molecule has 2 N–H and O–H groups in total. The second-order valence-corrected chi connectivity index (χ2v) is 8.05. The molecule has 0 aliphatic heterocycles. The fourth-order valence-electron chi connectivity index (χ4n) is 5.67. The number of para-hydroxylation sites is 1. The summed E-state index contributed by atoms with van der Waals surface area (Å²) in [5.41, 5.74) is 1.10. The first kappa shape index (κ1) is 15.8. The minimum Gasteiger partial charge on any atom is -0.494 e. The summed E-state index contributed by atoms with van der Waals surface area (Å²) in [4.78, 5) is 12.5. The maximum atomic E-state index is 12.5. The standard InChI is InChI=1S/C20H28N2O2/c1-2-24-18-6-4-3-5-17(18)13-21-19(23)22-20-10-14-7-15(11-20)9-16(8-14)12-20/h3-6,14-16H,2,7-13H2,1H3,(H2,21,22,23). The molecule has 0 saturated heterocycles. The van der Waals surface area contributed by atoms with E-state index in [0.717, 1.165) is 29.1 Å². The van der Waals surface area contributed by atoms with Crippen LogP contribution in [0.25, 0.3) is 0 Å². The van der Waals surface area contributed by atoms with E-state index in [1.165, 1.54) is 38.5 Å². The van der Waals surface area contributed by atoms with Crippen molar-refractivity contribution in [3.63, 3.8) is 0 Å². The molecule has 0 aromatic heterocycles. The number of ether oxygens (including phenoxy) is 1. The second kappa shape index (κ2) is 6.30. The number of amides is 2. The van der Waals surface area contributed by atoms with Crippen LogP contribution in [-0.2, 0) is 6.54 Å². The van der Waals surface area contributed by atoms with E-state index >= 15 is 0 Å². The smallest absolute Gasteiger partial charge is 0.315 e. The molecule has 130 valence electrons. The Bertz CT molecular complexity index is 578. The number of carbonyl (C=O) groups excluding carboxylic acids is 1. The zero-order valence-electron chi connectivity index (χ0n) is 14.5. The molecule has 4 bridgehead atoms. The largest absolute Gasteiger partial charge is 0.494 e. The van der Waals surface area contributed by atoms with E-state index < -0.39 is 0 Å². The predicted molar refractivity (Wildman–Crippen MR) is 93.9 cm³/mol. The van der Waals surface area contributed by atoms with Crippen LogP contribution in [-0.4, -0.2) is 18.2 Å². The quantitative estimate of drug-likeness (QED) is 0.862. The van der Waals surface area contributed by atoms with Crippen LogP contribution in [0.1, 0.15) is 51.0 Å². The van der Waals surface area contributed by atoms with Crippen molar-refractivity contribution in [3.8, 4) is 5.75 Å². The van der Waals surface area contributed by atoms with E-state index in [9.17, 15) is 4.79 Å². The lowest BCUT2D eigenvalue weighted by Gasteiger charge is -2.56. The van der Waals surface area contributed by atoms with Gasteiger partial charge >= 0.3 is 6.03 Å². The van der Waals surface area contributed by atoms with Crippen LogP contribution < -0.4 is 15.4 Å². The minimum atomic E-state index is -0.0248. The summed E-state index contributed by atoms with van der Waals surface area (Å²) >= 11 is 0. The predicted octanol–water partition coefficient (Wildman–Crippen LogP) is 3.85. The average Bonchev–Trinajstić information content (AvgIpc) is 2.52. The Kier molecular flexibility index (Phi) is 4.15. The number of rotatable bonds is 5. The maximum Gasteiger partial charge on any atom is 0.315 e. The Balaban J connectivity index is 1.36. The summed E-state index contributed by atoms with van der Waals surface area (Å²) in [7, 11) is 0. The molecule has 0 radical (unpaired) electrons. The first-order chi connectivity index (χ1) is 11.7. The molecule has 24 heavy (non-hydrogen) atoms. The maximum absolute atomic E-state index is 12.5. The van der Waals surface area contributed by atoms with Gasteiger partial charge in [-0.2, -0.15) is 0 Å². The molecule has 0 unspecified atom stereocenters. The summed E-state index contributed by atoms with van der Waals surface area (Å²) in [5, 5.41) is 6.40. The SMILES string of the molecule is CCOc1ccccc1CNC(=O)NC12CC3CC(CC(C3)C1)C2. The molecule has 5 rings (SSSR count). The lowest BCUT2D eigenvalue weighted by atomic mass is 9.53. The number of hydrogen-bond donors (Lipinski definition) is 2. The fraction of sp³-hybridized carbons (Fsp3) is 0.650. The Morgan fingerprint density at radius 2 is 1.75 bits per heavy atom. The van der Waals surface area contributed by atoms with Gasteiger partial charge in [0.25, 0.3) is 0 Å². The van der Waals surface area contributed by atoms with Gasteiger partial charge in [-0.3, -0.25) is 0 Å². The number of nitrogens with one attached hydrogen (secondary N) is 2. The van der Waals surface area contributed by atoms with Crippen molar-refractivity contribution in [2.24, 2.45) is 17.8 Å². The molecule has 4 aliphatic carbocycles. The van der Waals surface area contributed by atoms with E-state index in [0.29, 0.717) is 13.2 Å². The van der Waals surface area contributed by atoms with Gasteiger partial charge in [-0.15, -0.1) is 0 Å². The van der Waals surface area contributed by atoms with Crippen LogP contribution in [0.4, 0.5) is 4.79 Å². The minimum absolute atomic E-state index is 0.0248. The molecular weight excluding hydrogens is 300 g/mol. The molecule has 4 saturated carbocycles. The van der Waals surface area contributed by atoms with Gasteiger partial charge in [0.1, 0.15) is 5.75 Å². The van der Waals surface area contributed by atoms with Gasteiger partial charge in [-0.1, -0.05) is 18.2 Å². The molecular formula is C20H28N2O2. The highest BCUT2D eigenvalue weighted by Gasteiger charge is 2.51. The molecule has 4 fully saturated rings. The summed E-state index contributed by atoms with van der Waals surface area (Å²) < 4.78 is 5.63. The zero-order valence-corrected chi connectivity index (χ0v) is 14.5. The lowest BCUT2D eigenvalue weighted by molar-refractivity contribution is -0.0135. The van der Waals surface area contributed by atoms with Crippen LogP contribution in [0.3, 0.4) is 0 Å². The van der Waals surface area contributed by atoms with Gasteiger partial charge in [0.2, 0.25) is 0 Å². The highest BCUT2D eigenvalue weighted by Crippen LogP contribution is 2.55. The number of carbonyl (C=O) groups is 1. The van der Waals surface area contributed by atoms with Crippen molar-refractivity contribution < 1.29 is 9.53 Å². The first-order valence-electron chi connectivity index (χ1n) is 9.42. The average molecular weight is 328 g/mol. The number of hydrogen-bond acceptors (Lipinski definition) is 2. The molecule has 1 aromatic rings. The van der Waals surface area contributed by atoms with E-state index in [4.69, 9.17) is 4.74 Å². The Morgan fingerprint density at radius 3 is 2.38 bits per heavy atom. The Morgan fingerprint density at radius 1 is 1.12 bits per heavy atom. The van der Waals surface area contributed by atoms with E-state index in [1.807, 2.05) is 31.2 Å². The van der Waals surface area contributed by atoms with E-state index in [1.54, 1.807) is 0 Å². The highest BCUT2D eigenvalue weighted by molar-refractivity contribution is 5.75. The molecule has 4 heteroatoms. The summed E-state index contributed by atoms with van der Waals surface area (Å²) in [6.07, 6.45) is 7.73. The molecule has 1 aromatic carbocycles. The van der Waals surface area contributed by atoms with Crippen LogP contribution in [0, 0.1) is 17.8 Å². The third-order valence-corrected chi connectivity index (χ3v) is 6.13. The van der Waals surface area contributed by atoms with Crippen molar-refractivity contribution in [3.05, 3.63) is 29.8 Å². The number of urea groups is 1. The molecule has 0 heterocycles. The van der Waals surface area contributed by atoms with Crippen molar-refractivity contribution in [1.82, 2.24) is 10.6 Å². The topological polar surface area (TPSA) is 50.4 Å². The van der Waals surface area contributed by atoms with Gasteiger partial charge < -0.3 is 15.4 Å². The molecule has 0 spiro atoms. The molecule has 4 nitrogen and oxygen atoms in total. The molecule has 0 atom stereocenters. The first-order valence-corrected chi connectivity index (χ1v) is 9.42. The third-order valence-electron chi connectivity index (χ3n) is 6.13. The molecule has 4 aliphatic rings. The van der Waals surface area contributed by atoms with Crippen molar-refractivity contribution >= 4 is 6.03 Å². The summed E-state index contributed by atoms with van der Waals surface area (Å²) in [5.74, 6) is 3.38. The summed E-state index contributed by atoms with van der Waals surface area (Å²) in [6.45, 7) is 3.12. The lowest BCUT2D eigenvalue weighted by Crippen LogP contribution is -2.61. The summed E-state index contributed by atoms with van der Waals surface area (Å²) in [6, 6.07) is 7.89. The van der Waals surface area contributed by atoms with Gasteiger partial charge in [0.15, 0.2) is 0 Å². The van der Waals surface area contributed by atoms with Crippen molar-refractivity contribution in [2.45, 2.75) is 57.5 Å². The molecule has 2 amide bonds. The van der Waals surface area contributed by atoms with Gasteiger partial charge in [-0.05, 0) is 69.3 Å². The van der Waals surface area contributed by atoms with Crippen LogP contribution in [0.2, 0.25) is 0 Å². The normalized spacial score (nSPS) is 33.3. The number of benzene rings is 1. The fourth-order valence-corrected chi connectivity index (χ4v) is 5.67. The van der Waals surface area contributed by atoms with E-state index in [-0.39, 0.29) is 11.6 Å².